The maximum Gasteiger partial charge on any atom is 0.289 e. The third kappa shape index (κ3) is 2.17. The van der Waals surface area contributed by atoms with E-state index >= 15 is 0 Å². The second kappa shape index (κ2) is 4.43. The number of aromatic nitrogens is 2. The topological polar surface area (TPSA) is 72.4 Å². The summed E-state index contributed by atoms with van der Waals surface area (Å²) in [5, 5.41) is 7.63. The van der Waals surface area contributed by atoms with Crippen LogP contribution in [0.5, 0.6) is 0 Å². The zero-order valence-electron chi connectivity index (χ0n) is 8.62. The summed E-state index contributed by atoms with van der Waals surface area (Å²) in [5.74, 6) is 0.258. The van der Waals surface area contributed by atoms with Crippen molar-refractivity contribution in [3.05, 3.63) is 42.1 Å². The molecule has 0 unspecified atom stereocenters. The number of hydrogen-bond acceptors (Lipinski definition) is 4. The van der Waals surface area contributed by atoms with Gasteiger partial charge in [0.05, 0.1) is 12.5 Å². The average molecular weight is 218 g/mol. The zero-order valence-corrected chi connectivity index (χ0v) is 8.62. The first-order chi connectivity index (χ1) is 7.77. The predicted molar refractivity (Wildman–Crippen MR) is 57.0 cm³/mol. The van der Waals surface area contributed by atoms with Crippen LogP contribution in [-0.2, 0) is 7.05 Å². The Morgan fingerprint density at radius 1 is 1.62 bits per heavy atom. The molecular weight excluding hydrogens is 208 g/mol. The summed E-state index contributed by atoms with van der Waals surface area (Å²) in [6.45, 7) is 0. The van der Waals surface area contributed by atoms with Gasteiger partial charge in [-0.25, -0.2) is 5.43 Å². The van der Waals surface area contributed by atoms with Gasteiger partial charge in [-0.05, 0) is 18.2 Å². The summed E-state index contributed by atoms with van der Waals surface area (Å²) in [7, 11) is 1.69. The number of carbonyl (C=O) groups is 1. The fourth-order valence-electron chi connectivity index (χ4n) is 1.17. The van der Waals surface area contributed by atoms with Crippen LogP contribution in [0, 0.1) is 0 Å². The Morgan fingerprint density at radius 2 is 2.50 bits per heavy atom. The van der Waals surface area contributed by atoms with Crippen molar-refractivity contribution >= 4 is 12.1 Å². The van der Waals surface area contributed by atoms with Gasteiger partial charge in [0.1, 0.15) is 11.5 Å². The molecule has 6 heteroatoms. The molecule has 16 heavy (non-hydrogen) atoms. The summed E-state index contributed by atoms with van der Waals surface area (Å²) in [4.78, 5) is 11.5. The Labute approximate surface area is 91.6 Å². The highest BCUT2D eigenvalue weighted by Gasteiger charge is 2.07. The number of aryl methyl sites for hydroxylation is 1. The molecule has 0 aliphatic rings. The standard InChI is InChI=1S/C10H10N4O2/c1-14-9(4-5-12-14)10(15)13-11-7-8-3-2-6-16-8/h2-7H,1H3,(H,13,15)/b11-7-. The van der Waals surface area contributed by atoms with Crippen LogP contribution in [0.15, 0.2) is 40.2 Å². The molecule has 2 heterocycles. The van der Waals surface area contributed by atoms with Crippen molar-refractivity contribution < 1.29 is 9.21 Å². The van der Waals surface area contributed by atoms with Crippen molar-refractivity contribution in [3.63, 3.8) is 0 Å². The first kappa shape index (κ1) is 10.2. The number of nitrogens with one attached hydrogen (secondary N) is 1. The van der Waals surface area contributed by atoms with E-state index in [9.17, 15) is 4.79 Å². The van der Waals surface area contributed by atoms with Crippen LogP contribution >= 0.6 is 0 Å². The molecule has 2 aromatic rings. The van der Waals surface area contributed by atoms with E-state index in [1.807, 2.05) is 0 Å². The van der Waals surface area contributed by atoms with Crippen LogP contribution < -0.4 is 5.43 Å². The maximum absolute atomic E-state index is 11.5. The number of furan rings is 1. The lowest BCUT2D eigenvalue weighted by molar-refractivity contribution is 0.0945. The van der Waals surface area contributed by atoms with E-state index in [1.165, 1.54) is 17.2 Å². The van der Waals surface area contributed by atoms with E-state index < -0.39 is 0 Å². The first-order valence-corrected chi connectivity index (χ1v) is 4.62. The minimum absolute atomic E-state index is 0.317. The molecule has 0 fully saturated rings. The van der Waals surface area contributed by atoms with Gasteiger partial charge in [-0.3, -0.25) is 9.48 Å². The Bertz CT molecular complexity index is 499. The molecule has 0 spiro atoms. The van der Waals surface area contributed by atoms with Crippen molar-refractivity contribution in [1.82, 2.24) is 15.2 Å². The van der Waals surface area contributed by atoms with Crippen molar-refractivity contribution in [2.45, 2.75) is 0 Å². The van der Waals surface area contributed by atoms with Gasteiger partial charge in [-0.1, -0.05) is 0 Å². The summed E-state index contributed by atoms with van der Waals surface area (Å²) < 4.78 is 6.48. The van der Waals surface area contributed by atoms with E-state index in [4.69, 9.17) is 4.42 Å². The SMILES string of the molecule is Cn1nccc1C(=O)N/N=C\c1ccco1. The van der Waals surface area contributed by atoms with Crippen molar-refractivity contribution in [3.8, 4) is 0 Å². The molecule has 2 aromatic heterocycles. The molecule has 0 bridgehead atoms. The van der Waals surface area contributed by atoms with Crippen LogP contribution in [0.25, 0.3) is 0 Å². The summed E-state index contributed by atoms with van der Waals surface area (Å²) in [6, 6.07) is 5.09. The molecule has 0 aromatic carbocycles. The molecule has 82 valence electrons. The molecule has 0 aliphatic carbocycles. The first-order valence-electron chi connectivity index (χ1n) is 4.62. The Balaban J connectivity index is 1.97. The van der Waals surface area contributed by atoms with Crippen molar-refractivity contribution in [2.24, 2.45) is 12.1 Å². The quantitative estimate of drug-likeness (QED) is 0.611. The highest BCUT2D eigenvalue weighted by atomic mass is 16.3. The lowest BCUT2D eigenvalue weighted by atomic mass is 10.4. The van der Waals surface area contributed by atoms with Crippen LogP contribution in [0.1, 0.15) is 16.2 Å². The highest BCUT2D eigenvalue weighted by Crippen LogP contribution is 1.96. The number of amides is 1. The van der Waals surface area contributed by atoms with Gasteiger partial charge in [0.2, 0.25) is 0 Å². The zero-order chi connectivity index (χ0) is 11.4. The third-order valence-corrected chi connectivity index (χ3v) is 1.95. The molecule has 1 amide bonds. The minimum atomic E-state index is -0.317. The molecule has 0 saturated heterocycles. The molecular formula is C10H10N4O2. The van der Waals surface area contributed by atoms with Crippen molar-refractivity contribution in [2.75, 3.05) is 0 Å². The Morgan fingerprint density at radius 3 is 3.12 bits per heavy atom. The normalized spacial score (nSPS) is 10.8. The van der Waals surface area contributed by atoms with E-state index in [2.05, 4.69) is 15.6 Å². The number of hydrazone groups is 1. The van der Waals surface area contributed by atoms with Crippen LogP contribution in [-0.4, -0.2) is 21.9 Å². The summed E-state index contributed by atoms with van der Waals surface area (Å²) >= 11 is 0. The molecule has 2 rings (SSSR count). The summed E-state index contributed by atoms with van der Waals surface area (Å²) in [6.07, 6.45) is 4.50. The largest absolute Gasteiger partial charge is 0.463 e. The number of nitrogens with zero attached hydrogens (tertiary/aromatic N) is 3. The van der Waals surface area contributed by atoms with Gasteiger partial charge in [0.15, 0.2) is 0 Å². The van der Waals surface area contributed by atoms with E-state index in [0.29, 0.717) is 11.5 Å². The van der Waals surface area contributed by atoms with Gasteiger partial charge >= 0.3 is 0 Å². The van der Waals surface area contributed by atoms with Gasteiger partial charge in [-0.15, -0.1) is 0 Å². The Hall–Kier alpha value is -2.37. The second-order valence-corrected chi connectivity index (χ2v) is 3.05. The monoisotopic (exact) mass is 218 g/mol. The number of rotatable bonds is 3. The lowest BCUT2D eigenvalue weighted by Gasteiger charge is -1.98. The van der Waals surface area contributed by atoms with Gasteiger partial charge in [0.25, 0.3) is 5.91 Å². The fraction of sp³-hybridized carbons (Fsp3) is 0.100. The molecule has 0 saturated carbocycles. The van der Waals surface area contributed by atoms with Crippen molar-refractivity contribution in [1.29, 1.82) is 0 Å². The van der Waals surface area contributed by atoms with Gasteiger partial charge in [-0.2, -0.15) is 10.2 Å². The molecule has 0 radical (unpaired) electrons. The van der Waals surface area contributed by atoms with Gasteiger partial charge in [0, 0.05) is 13.2 Å². The Kier molecular flexibility index (Phi) is 2.81. The molecule has 1 N–H and O–H groups in total. The molecule has 0 aliphatic heterocycles. The maximum atomic E-state index is 11.5. The number of carbonyl (C=O) groups excluding carboxylic acids is 1. The smallest absolute Gasteiger partial charge is 0.289 e. The van der Waals surface area contributed by atoms with E-state index in [-0.39, 0.29) is 5.91 Å². The number of hydrogen-bond donors (Lipinski definition) is 1. The lowest BCUT2D eigenvalue weighted by Crippen LogP contribution is -2.20. The van der Waals surface area contributed by atoms with Gasteiger partial charge < -0.3 is 4.42 Å². The average Bonchev–Trinajstić information content (AvgIpc) is 2.88. The fourth-order valence-corrected chi connectivity index (χ4v) is 1.17. The minimum Gasteiger partial charge on any atom is -0.463 e. The summed E-state index contributed by atoms with van der Waals surface area (Å²) in [5.41, 5.74) is 2.82. The van der Waals surface area contributed by atoms with Crippen LogP contribution in [0.4, 0.5) is 0 Å². The molecule has 6 nitrogen and oxygen atoms in total. The molecule has 0 atom stereocenters. The van der Waals surface area contributed by atoms with E-state index in [0.717, 1.165) is 0 Å². The highest BCUT2D eigenvalue weighted by molar-refractivity contribution is 5.93. The third-order valence-electron chi connectivity index (χ3n) is 1.95. The second-order valence-electron chi connectivity index (χ2n) is 3.05. The predicted octanol–water partition coefficient (Wildman–Crippen LogP) is 0.777. The van der Waals surface area contributed by atoms with Crippen LogP contribution in [0.2, 0.25) is 0 Å². The van der Waals surface area contributed by atoms with E-state index in [1.54, 1.807) is 31.4 Å². The van der Waals surface area contributed by atoms with Crippen LogP contribution in [0.3, 0.4) is 0 Å².